The van der Waals surface area contributed by atoms with E-state index in [1.165, 1.54) is 6.07 Å². The Balaban J connectivity index is 2.65. The van der Waals surface area contributed by atoms with Gasteiger partial charge in [-0.25, -0.2) is 4.39 Å². The van der Waals surface area contributed by atoms with Crippen LogP contribution in [0.25, 0.3) is 0 Å². The number of hydrogen-bond acceptors (Lipinski definition) is 2. The van der Waals surface area contributed by atoms with Crippen LogP contribution in [-0.2, 0) is 16.6 Å². The minimum absolute atomic E-state index is 0.0731. The Bertz CT molecular complexity index is 386. The molecule has 0 saturated carbocycles. The van der Waals surface area contributed by atoms with Crippen LogP contribution in [0, 0.1) is 5.82 Å². The summed E-state index contributed by atoms with van der Waals surface area (Å²) in [5, 5.41) is 0. The molecular weight excluding hydrogens is 293 g/mol. The molecule has 0 aromatic heterocycles. The fourth-order valence-electron chi connectivity index (χ4n) is 1.24. The van der Waals surface area contributed by atoms with Crippen LogP contribution in [0.4, 0.5) is 4.39 Å². The van der Waals surface area contributed by atoms with Gasteiger partial charge in [-0.2, -0.15) is 0 Å². The summed E-state index contributed by atoms with van der Waals surface area (Å²) < 4.78 is 25.8. The number of nitrogens with two attached hydrogens (primary N) is 1. The highest BCUT2D eigenvalue weighted by Crippen LogP contribution is 2.17. The molecule has 0 radical (unpaired) electrons. The first-order valence-corrected chi connectivity index (χ1v) is 7.35. The predicted octanol–water partition coefficient (Wildman–Crippen LogP) is 2.57. The molecule has 0 aliphatic heterocycles. The van der Waals surface area contributed by atoms with Gasteiger partial charge in [-0.15, -0.1) is 0 Å². The lowest BCUT2D eigenvalue weighted by Crippen LogP contribution is -2.26. The van der Waals surface area contributed by atoms with Gasteiger partial charge in [0.05, 0.1) is 5.75 Å². The maximum absolute atomic E-state index is 13.4. The van der Waals surface area contributed by atoms with Crippen molar-refractivity contribution >= 4 is 26.7 Å². The van der Waals surface area contributed by atoms with Crippen LogP contribution in [0.15, 0.2) is 22.7 Å². The quantitative estimate of drug-likeness (QED) is 0.908. The number of benzene rings is 1. The van der Waals surface area contributed by atoms with Gasteiger partial charge in [0, 0.05) is 32.6 Å². The van der Waals surface area contributed by atoms with Gasteiger partial charge in [0.15, 0.2) is 0 Å². The van der Waals surface area contributed by atoms with E-state index in [9.17, 15) is 8.60 Å². The summed E-state index contributed by atoms with van der Waals surface area (Å²) in [5.74, 6) is 0.322. The molecule has 0 bridgehead atoms. The van der Waals surface area contributed by atoms with Gasteiger partial charge in [-0.3, -0.25) is 4.21 Å². The zero-order valence-corrected chi connectivity index (χ0v) is 11.5. The third kappa shape index (κ3) is 4.31. The van der Waals surface area contributed by atoms with Crippen molar-refractivity contribution in [2.45, 2.75) is 25.1 Å². The van der Waals surface area contributed by atoms with Crippen molar-refractivity contribution in [3.05, 3.63) is 34.1 Å². The molecular formula is C11H15BrFNOS. The lowest BCUT2D eigenvalue weighted by atomic mass is 10.2. The van der Waals surface area contributed by atoms with Crippen LogP contribution < -0.4 is 5.73 Å². The van der Waals surface area contributed by atoms with Gasteiger partial charge in [-0.05, 0) is 24.6 Å². The summed E-state index contributed by atoms with van der Waals surface area (Å²) in [6, 6.07) is 4.58. The van der Waals surface area contributed by atoms with E-state index in [-0.39, 0.29) is 17.6 Å². The number of halogens is 2. The van der Waals surface area contributed by atoms with Gasteiger partial charge in [0.2, 0.25) is 0 Å². The molecule has 2 nitrogen and oxygen atoms in total. The molecule has 1 rings (SSSR count). The smallest absolute Gasteiger partial charge is 0.127 e. The van der Waals surface area contributed by atoms with E-state index in [0.717, 1.165) is 10.9 Å². The Labute approximate surface area is 106 Å². The van der Waals surface area contributed by atoms with E-state index in [1.807, 2.05) is 6.92 Å². The molecule has 0 aliphatic carbocycles. The van der Waals surface area contributed by atoms with Gasteiger partial charge in [-0.1, -0.05) is 22.9 Å². The number of hydrogen-bond donors (Lipinski definition) is 1. The molecule has 1 aromatic carbocycles. The molecule has 2 unspecified atom stereocenters. The maximum Gasteiger partial charge on any atom is 0.127 e. The monoisotopic (exact) mass is 307 g/mol. The Morgan fingerprint density at radius 3 is 2.88 bits per heavy atom. The van der Waals surface area contributed by atoms with Crippen molar-refractivity contribution in [1.82, 2.24) is 0 Å². The van der Waals surface area contributed by atoms with Crippen LogP contribution in [-0.4, -0.2) is 16.0 Å². The lowest BCUT2D eigenvalue weighted by molar-refractivity contribution is 0.614. The van der Waals surface area contributed by atoms with Crippen molar-refractivity contribution in [2.24, 2.45) is 5.73 Å². The van der Waals surface area contributed by atoms with E-state index in [2.05, 4.69) is 15.9 Å². The Kier molecular flexibility index (Phi) is 5.58. The molecule has 16 heavy (non-hydrogen) atoms. The molecule has 5 heteroatoms. The first-order valence-electron chi connectivity index (χ1n) is 5.07. The minimum Gasteiger partial charge on any atom is -0.327 e. The zero-order valence-electron chi connectivity index (χ0n) is 9.08. The average Bonchev–Trinajstić information content (AvgIpc) is 2.23. The molecule has 0 amide bonds. The molecule has 0 saturated heterocycles. The standard InChI is InChI=1S/C11H15BrFNOS/c1-2-10(14)7-16(15)6-8-5-9(12)3-4-11(8)13/h3-5,10H,2,6-7,14H2,1H3. The van der Waals surface area contributed by atoms with Gasteiger partial charge >= 0.3 is 0 Å². The molecule has 1 aromatic rings. The highest BCUT2D eigenvalue weighted by molar-refractivity contribution is 9.10. The topological polar surface area (TPSA) is 43.1 Å². The molecule has 2 N–H and O–H groups in total. The maximum atomic E-state index is 13.4. The summed E-state index contributed by atoms with van der Waals surface area (Å²) in [5.41, 5.74) is 6.17. The minimum atomic E-state index is -1.11. The summed E-state index contributed by atoms with van der Waals surface area (Å²) >= 11 is 3.26. The fourth-order valence-corrected chi connectivity index (χ4v) is 3.05. The van der Waals surface area contributed by atoms with Gasteiger partial charge < -0.3 is 5.73 Å². The van der Waals surface area contributed by atoms with E-state index in [1.54, 1.807) is 12.1 Å². The van der Waals surface area contributed by atoms with Crippen molar-refractivity contribution in [3.63, 3.8) is 0 Å². The fraction of sp³-hybridized carbons (Fsp3) is 0.455. The highest BCUT2D eigenvalue weighted by atomic mass is 79.9. The van der Waals surface area contributed by atoms with Crippen molar-refractivity contribution in [1.29, 1.82) is 0 Å². The van der Waals surface area contributed by atoms with Crippen molar-refractivity contribution < 1.29 is 8.60 Å². The van der Waals surface area contributed by atoms with E-state index in [0.29, 0.717) is 11.3 Å². The Morgan fingerprint density at radius 2 is 2.25 bits per heavy atom. The first kappa shape index (κ1) is 13.8. The van der Waals surface area contributed by atoms with Crippen LogP contribution in [0.2, 0.25) is 0 Å². The lowest BCUT2D eigenvalue weighted by Gasteiger charge is -2.09. The summed E-state index contributed by atoms with van der Waals surface area (Å²) in [4.78, 5) is 0. The van der Waals surface area contributed by atoms with Gasteiger partial charge in [0.1, 0.15) is 5.82 Å². The van der Waals surface area contributed by atoms with E-state index in [4.69, 9.17) is 5.73 Å². The third-order valence-electron chi connectivity index (χ3n) is 2.25. The summed E-state index contributed by atoms with van der Waals surface area (Å²) in [7, 11) is -1.11. The molecule has 0 fully saturated rings. The number of rotatable bonds is 5. The Hall–Kier alpha value is -0.260. The predicted molar refractivity (Wildman–Crippen MR) is 69.1 cm³/mol. The molecule has 0 heterocycles. The SMILES string of the molecule is CCC(N)CS(=O)Cc1cc(Br)ccc1F. The van der Waals surface area contributed by atoms with Crippen molar-refractivity contribution in [2.75, 3.05) is 5.75 Å². The average molecular weight is 308 g/mol. The summed E-state index contributed by atoms with van der Waals surface area (Å²) in [6.07, 6.45) is 0.784. The van der Waals surface area contributed by atoms with E-state index < -0.39 is 10.8 Å². The first-order chi connectivity index (χ1) is 7.52. The second-order valence-corrected chi connectivity index (χ2v) is 6.07. The normalized spacial score (nSPS) is 14.8. The summed E-state index contributed by atoms with van der Waals surface area (Å²) in [6.45, 7) is 1.95. The van der Waals surface area contributed by atoms with Crippen molar-refractivity contribution in [3.8, 4) is 0 Å². The van der Waals surface area contributed by atoms with Crippen LogP contribution >= 0.6 is 15.9 Å². The van der Waals surface area contributed by atoms with Crippen LogP contribution in [0.1, 0.15) is 18.9 Å². The van der Waals surface area contributed by atoms with Gasteiger partial charge in [0.25, 0.3) is 0 Å². The van der Waals surface area contributed by atoms with Crippen LogP contribution in [0.3, 0.4) is 0 Å². The Morgan fingerprint density at radius 1 is 1.56 bits per heavy atom. The second kappa shape index (κ2) is 6.47. The molecule has 90 valence electrons. The highest BCUT2D eigenvalue weighted by Gasteiger charge is 2.10. The zero-order chi connectivity index (χ0) is 12.1. The molecule has 0 aliphatic rings. The molecule has 0 spiro atoms. The van der Waals surface area contributed by atoms with Crippen LogP contribution in [0.5, 0.6) is 0 Å². The third-order valence-corrected chi connectivity index (χ3v) is 4.17. The second-order valence-electron chi connectivity index (χ2n) is 3.65. The largest absolute Gasteiger partial charge is 0.327 e. The van der Waals surface area contributed by atoms with E-state index >= 15 is 0 Å². The molecule has 2 atom stereocenters.